The van der Waals surface area contributed by atoms with Crippen LogP contribution >= 0.6 is 0 Å². The number of carbonyl (C=O) groups excluding carboxylic acids is 1. The Morgan fingerprint density at radius 3 is 2.11 bits per heavy atom. The first-order valence-electron chi connectivity index (χ1n) is 7.69. The molecule has 0 saturated heterocycles. The van der Waals surface area contributed by atoms with Crippen LogP contribution in [0.3, 0.4) is 0 Å². The predicted octanol–water partition coefficient (Wildman–Crippen LogP) is 4.45. The van der Waals surface area contributed by atoms with Crippen LogP contribution < -0.4 is 0 Å². The number of nitrogens with zero attached hydrogens (tertiary/aromatic N) is 2. The molecule has 0 N–H and O–H groups in total. The van der Waals surface area contributed by atoms with Gasteiger partial charge in [-0.1, -0.05) is 51.9 Å². The number of unbranched alkanes of at least 4 members (excludes halogenated alkanes) is 7. The second kappa shape index (κ2) is 8.89. The molecule has 0 aliphatic heterocycles. The Balaban J connectivity index is 2.18. The minimum Gasteiger partial charge on any atom is -0.298 e. The summed E-state index contributed by atoms with van der Waals surface area (Å²) in [6.07, 6.45) is 11.5. The molecule has 0 spiro atoms. The number of carbonyl (C=O) groups is 1. The van der Waals surface area contributed by atoms with E-state index in [2.05, 4.69) is 12.0 Å². The lowest BCUT2D eigenvalue weighted by Crippen LogP contribution is -2.03. The lowest BCUT2D eigenvalue weighted by Gasteiger charge is -2.04. The Bertz CT molecular complexity index is 382. The van der Waals surface area contributed by atoms with E-state index >= 15 is 0 Å². The number of hydrogen-bond acceptors (Lipinski definition) is 2. The highest BCUT2D eigenvalue weighted by Crippen LogP contribution is 2.13. The molecular formula is C16H28N2O. The van der Waals surface area contributed by atoms with Crippen molar-refractivity contribution in [1.29, 1.82) is 0 Å². The second-order valence-corrected chi connectivity index (χ2v) is 5.40. The molecule has 3 heteroatoms. The van der Waals surface area contributed by atoms with Crippen LogP contribution in [0.1, 0.15) is 80.0 Å². The highest BCUT2D eigenvalue weighted by molar-refractivity contribution is 5.77. The number of aromatic nitrogens is 2. The molecule has 0 bridgehead atoms. The van der Waals surface area contributed by atoms with Gasteiger partial charge in [-0.3, -0.25) is 9.48 Å². The standard InChI is InChI=1S/C16H28N2O/c1-4-5-6-7-8-9-10-11-12-18-15(3)16(13-19)14(2)17-18/h13H,4-12H2,1-3H3. The van der Waals surface area contributed by atoms with Gasteiger partial charge in [0.15, 0.2) is 6.29 Å². The predicted molar refractivity (Wildman–Crippen MR) is 79.7 cm³/mol. The monoisotopic (exact) mass is 264 g/mol. The van der Waals surface area contributed by atoms with Crippen molar-refractivity contribution in [3.8, 4) is 0 Å². The first kappa shape index (κ1) is 15.9. The molecule has 1 aromatic rings. The molecule has 3 nitrogen and oxygen atoms in total. The first-order valence-corrected chi connectivity index (χ1v) is 7.69. The van der Waals surface area contributed by atoms with E-state index in [0.717, 1.165) is 36.2 Å². The molecule has 0 aromatic carbocycles. The minimum atomic E-state index is 0.763. The smallest absolute Gasteiger partial charge is 0.153 e. The van der Waals surface area contributed by atoms with Gasteiger partial charge >= 0.3 is 0 Å². The van der Waals surface area contributed by atoms with E-state index in [4.69, 9.17) is 0 Å². The Labute approximate surface area is 117 Å². The molecule has 0 unspecified atom stereocenters. The third kappa shape index (κ3) is 5.17. The quantitative estimate of drug-likeness (QED) is 0.462. The van der Waals surface area contributed by atoms with Crippen molar-refractivity contribution in [1.82, 2.24) is 9.78 Å². The molecular weight excluding hydrogens is 236 g/mol. The summed E-state index contributed by atoms with van der Waals surface area (Å²) in [5.41, 5.74) is 2.63. The van der Waals surface area contributed by atoms with Gasteiger partial charge in [0.2, 0.25) is 0 Å². The molecule has 1 rings (SSSR count). The number of hydrogen-bond donors (Lipinski definition) is 0. The van der Waals surface area contributed by atoms with Gasteiger partial charge in [-0.2, -0.15) is 5.10 Å². The molecule has 108 valence electrons. The van der Waals surface area contributed by atoms with Crippen LogP contribution in [0.2, 0.25) is 0 Å². The maximum absolute atomic E-state index is 10.9. The lowest BCUT2D eigenvalue weighted by atomic mass is 10.1. The summed E-state index contributed by atoms with van der Waals surface area (Å²) in [4.78, 5) is 10.9. The van der Waals surface area contributed by atoms with Gasteiger partial charge in [0, 0.05) is 12.2 Å². The van der Waals surface area contributed by atoms with Crippen LogP contribution in [0, 0.1) is 13.8 Å². The first-order chi connectivity index (χ1) is 9.20. The summed E-state index contributed by atoms with van der Waals surface area (Å²) in [6, 6.07) is 0. The fraction of sp³-hybridized carbons (Fsp3) is 0.750. The molecule has 0 aliphatic carbocycles. The van der Waals surface area contributed by atoms with Crippen LogP contribution in [0.5, 0.6) is 0 Å². The van der Waals surface area contributed by atoms with E-state index in [1.807, 2.05) is 18.5 Å². The largest absolute Gasteiger partial charge is 0.298 e. The van der Waals surface area contributed by atoms with Crippen molar-refractivity contribution in [3.63, 3.8) is 0 Å². The summed E-state index contributed by atoms with van der Waals surface area (Å²) < 4.78 is 1.98. The van der Waals surface area contributed by atoms with Crippen LogP contribution in [-0.4, -0.2) is 16.1 Å². The topological polar surface area (TPSA) is 34.9 Å². The maximum Gasteiger partial charge on any atom is 0.153 e. The molecule has 0 atom stereocenters. The fourth-order valence-corrected chi connectivity index (χ4v) is 2.49. The second-order valence-electron chi connectivity index (χ2n) is 5.40. The molecule has 0 radical (unpaired) electrons. The van der Waals surface area contributed by atoms with Crippen LogP contribution in [0.4, 0.5) is 0 Å². The van der Waals surface area contributed by atoms with Crippen LogP contribution in [0.25, 0.3) is 0 Å². The van der Waals surface area contributed by atoms with E-state index < -0.39 is 0 Å². The number of rotatable bonds is 10. The summed E-state index contributed by atoms with van der Waals surface area (Å²) in [6.45, 7) is 7.08. The lowest BCUT2D eigenvalue weighted by molar-refractivity contribution is 0.112. The van der Waals surface area contributed by atoms with Gasteiger partial charge in [0.05, 0.1) is 11.3 Å². The molecule has 0 saturated carbocycles. The van der Waals surface area contributed by atoms with Crippen molar-refractivity contribution in [2.24, 2.45) is 0 Å². The van der Waals surface area contributed by atoms with E-state index in [1.54, 1.807) is 0 Å². The zero-order valence-electron chi connectivity index (χ0n) is 12.7. The molecule has 19 heavy (non-hydrogen) atoms. The van der Waals surface area contributed by atoms with Gasteiger partial charge in [-0.05, 0) is 20.3 Å². The van der Waals surface area contributed by atoms with E-state index in [9.17, 15) is 4.79 Å². The Kier molecular flexibility index (Phi) is 7.46. The van der Waals surface area contributed by atoms with Gasteiger partial charge in [-0.25, -0.2) is 0 Å². The van der Waals surface area contributed by atoms with Crippen molar-refractivity contribution < 1.29 is 4.79 Å². The number of aryl methyl sites for hydroxylation is 2. The summed E-state index contributed by atoms with van der Waals surface area (Å²) in [7, 11) is 0. The average molecular weight is 264 g/mol. The summed E-state index contributed by atoms with van der Waals surface area (Å²) in [5, 5.41) is 4.42. The highest BCUT2D eigenvalue weighted by atomic mass is 16.1. The maximum atomic E-state index is 10.9. The van der Waals surface area contributed by atoms with Gasteiger partial charge in [0.25, 0.3) is 0 Å². The molecule has 1 heterocycles. The third-order valence-corrected chi connectivity index (χ3v) is 3.78. The summed E-state index contributed by atoms with van der Waals surface area (Å²) in [5.74, 6) is 0. The number of aldehydes is 1. The Hall–Kier alpha value is -1.12. The van der Waals surface area contributed by atoms with Crippen molar-refractivity contribution in [2.75, 3.05) is 0 Å². The van der Waals surface area contributed by atoms with Gasteiger partial charge in [0.1, 0.15) is 0 Å². The average Bonchev–Trinajstić information content (AvgIpc) is 2.67. The normalized spacial score (nSPS) is 10.9. The molecule has 0 amide bonds. The van der Waals surface area contributed by atoms with Crippen molar-refractivity contribution >= 4 is 6.29 Å². The van der Waals surface area contributed by atoms with E-state index in [-0.39, 0.29) is 0 Å². The minimum absolute atomic E-state index is 0.763. The Morgan fingerprint density at radius 2 is 1.58 bits per heavy atom. The zero-order chi connectivity index (χ0) is 14.1. The highest BCUT2D eigenvalue weighted by Gasteiger charge is 2.09. The summed E-state index contributed by atoms with van der Waals surface area (Å²) >= 11 is 0. The third-order valence-electron chi connectivity index (χ3n) is 3.78. The fourth-order valence-electron chi connectivity index (χ4n) is 2.49. The SMILES string of the molecule is CCCCCCCCCCn1nc(C)c(C=O)c1C. The molecule has 0 aliphatic rings. The van der Waals surface area contributed by atoms with Gasteiger partial charge < -0.3 is 0 Å². The molecule has 1 aromatic heterocycles. The van der Waals surface area contributed by atoms with Crippen molar-refractivity contribution in [2.45, 2.75) is 78.7 Å². The van der Waals surface area contributed by atoms with Gasteiger partial charge in [-0.15, -0.1) is 0 Å². The Morgan fingerprint density at radius 1 is 1.00 bits per heavy atom. The molecule has 0 fully saturated rings. The zero-order valence-corrected chi connectivity index (χ0v) is 12.7. The van der Waals surface area contributed by atoms with Crippen LogP contribution in [-0.2, 0) is 6.54 Å². The van der Waals surface area contributed by atoms with Crippen molar-refractivity contribution in [3.05, 3.63) is 17.0 Å². The van der Waals surface area contributed by atoms with E-state index in [1.165, 1.54) is 44.9 Å². The van der Waals surface area contributed by atoms with E-state index in [0.29, 0.717) is 0 Å². The van der Waals surface area contributed by atoms with Crippen LogP contribution in [0.15, 0.2) is 0 Å².